The van der Waals surface area contributed by atoms with Gasteiger partial charge in [0.15, 0.2) is 0 Å². The van der Waals surface area contributed by atoms with Crippen LogP contribution in [0, 0.1) is 5.82 Å². The highest BCUT2D eigenvalue weighted by molar-refractivity contribution is 6.35. The lowest BCUT2D eigenvalue weighted by molar-refractivity contribution is -0.138. The number of carbonyl (C=O) groups excluding carboxylic acids is 2. The summed E-state index contributed by atoms with van der Waals surface area (Å²) in [7, 11) is 0. The normalized spacial score (nSPS) is 13.8. The van der Waals surface area contributed by atoms with E-state index in [9.17, 15) is 14.0 Å². The van der Waals surface area contributed by atoms with E-state index >= 15 is 0 Å². The molecule has 4 nitrogen and oxygen atoms in total. The van der Waals surface area contributed by atoms with E-state index in [4.69, 9.17) is 11.6 Å². The highest BCUT2D eigenvalue weighted by Crippen LogP contribution is 2.33. The standard InChI is InChI=1S/C26H22ClFN2O2/c1-2-29(16-18-6-4-3-5-7-18)24-23(20-10-14-22(28)15-11-20)25(31)30(26(24)32)17-19-8-12-21(27)13-9-19/h3-15H,2,16-17H2,1H3. The first kappa shape index (κ1) is 21.8. The lowest BCUT2D eigenvalue weighted by Gasteiger charge is -2.25. The molecule has 3 aromatic rings. The molecule has 2 amide bonds. The number of halogens is 2. The van der Waals surface area contributed by atoms with Crippen molar-refractivity contribution >= 4 is 29.0 Å². The van der Waals surface area contributed by atoms with Crippen LogP contribution in [-0.4, -0.2) is 28.2 Å². The summed E-state index contributed by atoms with van der Waals surface area (Å²) in [5.41, 5.74) is 2.96. The molecule has 0 unspecified atom stereocenters. The van der Waals surface area contributed by atoms with Crippen molar-refractivity contribution in [3.8, 4) is 0 Å². The fourth-order valence-electron chi connectivity index (χ4n) is 3.80. The Balaban J connectivity index is 1.75. The van der Waals surface area contributed by atoms with Crippen molar-refractivity contribution in [1.82, 2.24) is 9.80 Å². The summed E-state index contributed by atoms with van der Waals surface area (Å²) in [6, 6.07) is 22.5. The van der Waals surface area contributed by atoms with E-state index in [1.54, 1.807) is 24.3 Å². The molecule has 0 saturated carbocycles. The number of carbonyl (C=O) groups is 2. The molecular weight excluding hydrogens is 427 g/mol. The summed E-state index contributed by atoms with van der Waals surface area (Å²) in [4.78, 5) is 30.1. The van der Waals surface area contributed by atoms with E-state index in [2.05, 4.69) is 0 Å². The molecule has 1 aliphatic rings. The van der Waals surface area contributed by atoms with Crippen LogP contribution in [0.5, 0.6) is 0 Å². The molecule has 1 aliphatic heterocycles. The van der Waals surface area contributed by atoms with Crippen LogP contribution in [0.2, 0.25) is 5.02 Å². The summed E-state index contributed by atoms with van der Waals surface area (Å²) < 4.78 is 13.6. The Morgan fingerprint density at radius 2 is 1.50 bits per heavy atom. The van der Waals surface area contributed by atoms with Crippen LogP contribution in [0.25, 0.3) is 5.57 Å². The number of likely N-dealkylation sites (N-methyl/N-ethyl adjacent to an activating group) is 1. The van der Waals surface area contributed by atoms with E-state index in [0.717, 1.165) is 11.1 Å². The lowest BCUT2D eigenvalue weighted by atomic mass is 10.0. The van der Waals surface area contributed by atoms with Gasteiger partial charge in [-0.05, 0) is 47.9 Å². The first-order valence-electron chi connectivity index (χ1n) is 10.4. The number of nitrogens with zero attached hydrogens (tertiary/aromatic N) is 2. The minimum absolute atomic E-state index is 0.131. The average molecular weight is 449 g/mol. The molecule has 0 bridgehead atoms. The SMILES string of the molecule is CCN(Cc1ccccc1)C1=C(c2ccc(F)cc2)C(=O)N(Cc2ccc(Cl)cc2)C1=O. The average Bonchev–Trinajstić information content (AvgIpc) is 3.05. The number of benzene rings is 3. The first-order chi connectivity index (χ1) is 15.5. The number of amides is 2. The maximum absolute atomic E-state index is 13.6. The van der Waals surface area contributed by atoms with Crippen LogP contribution < -0.4 is 0 Å². The molecule has 0 fully saturated rings. The summed E-state index contributed by atoms with van der Waals surface area (Å²) >= 11 is 5.97. The third kappa shape index (κ3) is 4.43. The molecule has 1 heterocycles. The number of imide groups is 1. The highest BCUT2D eigenvalue weighted by Gasteiger charge is 2.41. The fourth-order valence-corrected chi connectivity index (χ4v) is 3.93. The second-order valence-corrected chi connectivity index (χ2v) is 7.99. The predicted octanol–water partition coefficient (Wildman–Crippen LogP) is 5.28. The van der Waals surface area contributed by atoms with Gasteiger partial charge in [-0.3, -0.25) is 14.5 Å². The Hall–Kier alpha value is -3.44. The van der Waals surface area contributed by atoms with Crippen molar-refractivity contribution < 1.29 is 14.0 Å². The van der Waals surface area contributed by atoms with Gasteiger partial charge < -0.3 is 4.90 Å². The van der Waals surface area contributed by atoms with Crippen molar-refractivity contribution in [1.29, 1.82) is 0 Å². The molecular formula is C26H22ClFN2O2. The second-order valence-electron chi connectivity index (χ2n) is 7.55. The summed E-state index contributed by atoms with van der Waals surface area (Å²) in [5.74, 6) is -1.15. The van der Waals surface area contributed by atoms with E-state index in [1.807, 2.05) is 42.2 Å². The smallest absolute Gasteiger partial charge is 0.278 e. The van der Waals surface area contributed by atoms with Crippen LogP contribution in [0.15, 0.2) is 84.6 Å². The van der Waals surface area contributed by atoms with Gasteiger partial charge in [0.05, 0.1) is 12.1 Å². The number of hydrogen-bond acceptors (Lipinski definition) is 3. The predicted molar refractivity (Wildman–Crippen MR) is 123 cm³/mol. The molecule has 0 atom stereocenters. The van der Waals surface area contributed by atoms with E-state index in [1.165, 1.54) is 29.2 Å². The monoisotopic (exact) mass is 448 g/mol. The quantitative estimate of drug-likeness (QED) is 0.461. The molecule has 0 spiro atoms. The summed E-state index contributed by atoms with van der Waals surface area (Å²) in [5, 5.41) is 0.582. The molecule has 6 heteroatoms. The number of rotatable bonds is 7. The van der Waals surface area contributed by atoms with Crippen molar-refractivity contribution in [2.24, 2.45) is 0 Å². The Morgan fingerprint density at radius 3 is 2.12 bits per heavy atom. The van der Waals surface area contributed by atoms with E-state index in [-0.39, 0.29) is 12.5 Å². The zero-order chi connectivity index (χ0) is 22.7. The third-order valence-corrected chi connectivity index (χ3v) is 5.70. The Bertz CT molecular complexity index is 1160. The fraction of sp³-hybridized carbons (Fsp3) is 0.154. The second kappa shape index (κ2) is 9.37. The van der Waals surface area contributed by atoms with E-state index in [0.29, 0.717) is 34.9 Å². The minimum atomic E-state index is -0.401. The Morgan fingerprint density at radius 1 is 0.844 bits per heavy atom. The molecule has 0 aliphatic carbocycles. The van der Waals surface area contributed by atoms with Crippen LogP contribution in [0.4, 0.5) is 4.39 Å². The summed E-state index contributed by atoms with van der Waals surface area (Å²) in [6.07, 6.45) is 0. The van der Waals surface area contributed by atoms with Crippen molar-refractivity contribution in [3.05, 3.63) is 112 Å². The van der Waals surface area contributed by atoms with Gasteiger partial charge in [0, 0.05) is 18.1 Å². The molecule has 3 aromatic carbocycles. The van der Waals surface area contributed by atoms with Gasteiger partial charge in [-0.2, -0.15) is 0 Å². The molecule has 0 radical (unpaired) electrons. The molecule has 32 heavy (non-hydrogen) atoms. The van der Waals surface area contributed by atoms with Gasteiger partial charge in [0.25, 0.3) is 11.8 Å². The zero-order valence-corrected chi connectivity index (χ0v) is 18.3. The largest absolute Gasteiger partial charge is 0.362 e. The van der Waals surface area contributed by atoms with Crippen molar-refractivity contribution in [2.45, 2.75) is 20.0 Å². The minimum Gasteiger partial charge on any atom is -0.362 e. The van der Waals surface area contributed by atoms with Crippen LogP contribution in [0.3, 0.4) is 0 Å². The highest BCUT2D eigenvalue weighted by atomic mass is 35.5. The van der Waals surface area contributed by atoms with Gasteiger partial charge in [0.1, 0.15) is 11.5 Å². The van der Waals surface area contributed by atoms with Gasteiger partial charge in [-0.1, -0.05) is 66.2 Å². The molecule has 0 N–H and O–H groups in total. The van der Waals surface area contributed by atoms with Crippen LogP contribution in [-0.2, 0) is 22.7 Å². The lowest BCUT2D eigenvalue weighted by Crippen LogP contribution is -2.34. The van der Waals surface area contributed by atoms with Gasteiger partial charge >= 0.3 is 0 Å². The van der Waals surface area contributed by atoms with Gasteiger partial charge in [0.2, 0.25) is 0 Å². The van der Waals surface area contributed by atoms with E-state index < -0.39 is 11.7 Å². The van der Waals surface area contributed by atoms with Crippen molar-refractivity contribution in [3.63, 3.8) is 0 Å². The maximum Gasteiger partial charge on any atom is 0.278 e. The Labute approximate surface area is 191 Å². The topological polar surface area (TPSA) is 40.6 Å². The van der Waals surface area contributed by atoms with Crippen LogP contribution in [0.1, 0.15) is 23.6 Å². The number of hydrogen-bond donors (Lipinski definition) is 0. The third-order valence-electron chi connectivity index (χ3n) is 5.44. The van der Waals surface area contributed by atoms with Crippen molar-refractivity contribution in [2.75, 3.05) is 6.54 Å². The molecule has 0 saturated heterocycles. The molecule has 0 aromatic heterocycles. The van der Waals surface area contributed by atoms with Crippen LogP contribution >= 0.6 is 11.6 Å². The first-order valence-corrected chi connectivity index (χ1v) is 10.8. The van der Waals surface area contributed by atoms with Gasteiger partial charge in [-0.25, -0.2) is 4.39 Å². The molecule has 4 rings (SSSR count). The summed E-state index contributed by atoms with van der Waals surface area (Å²) in [6.45, 7) is 3.08. The molecule has 162 valence electrons. The Kier molecular flexibility index (Phi) is 6.37. The van der Waals surface area contributed by atoms with Gasteiger partial charge in [-0.15, -0.1) is 0 Å². The maximum atomic E-state index is 13.6. The zero-order valence-electron chi connectivity index (χ0n) is 17.6.